The largest absolute Gasteiger partial charge is 1.00 e. The molecule has 0 amide bonds. The minimum Gasteiger partial charge on any atom is -1.00 e. The van der Waals surface area contributed by atoms with E-state index in [0.717, 1.165) is 55.6 Å². The first-order valence-electron chi connectivity index (χ1n) is 11.0. The first-order chi connectivity index (χ1) is 13.8. The van der Waals surface area contributed by atoms with Crippen LogP contribution < -0.4 is 37.2 Å². The number of hydrogen-bond donors (Lipinski definition) is 0. The predicted molar refractivity (Wildman–Crippen MR) is 111 cm³/mol. The van der Waals surface area contributed by atoms with E-state index in [0.29, 0.717) is 0 Å². The molecule has 0 saturated heterocycles. The van der Waals surface area contributed by atoms with E-state index in [1.165, 1.54) is 0 Å². The van der Waals surface area contributed by atoms with Gasteiger partial charge in [-0.2, -0.15) is 0 Å². The molecule has 3 atom stereocenters. The Kier molecular flexibility index (Phi) is 11.7. The van der Waals surface area contributed by atoms with Crippen molar-refractivity contribution < 1.29 is 57.7 Å². The Bertz CT molecular complexity index is 745. The molecule has 3 unspecified atom stereocenters. The molecule has 3 heterocycles. The van der Waals surface area contributed by atoms with Crippen LogP contribution in [0.5, 0.6) is 0 Å². The third kappa shape index (κ3) is 4.35. The van der Waals surface area contributed by atoms with Gasteiger partial charge in [0.15, 0.2) is 0 Å². The van der Waals surface area contributed by atoms with Crippen LogP contribution in [0.3, 0.4) is 0 Å². The fourth-order valence-electron chi connectivity index (χ4n) is 4.97. The van der Waals surface area contributed by atoms with Crippen LogP contribution in [0.2, 0.25) is 3.72 Å². The van der Waals surface area contributed by atoms with E-state index >= 15 is 0 Å². The summed E-state index contributed by atoms with van der Waals surface area (Å²) < 4.78 is -0.494. The molecule has 10 heteroatoms. The van der Waals surface area contributed by atoms with Gasteiger partial charge in [-0.15, -0.1) is 0 Å². The van der Waals surface area contributed by atoms with Crippen molar-refractivity contribution in [3.8, 4) is 0 Å². The molecule has 176 valence electrons. The van der Waals surface area contributed by atoms with Gasteiger partial charge in [0.1, 0.15) is 0 Å². The minimum absolute atomic E-state index is 0. The zero-order chi connectivity index (χ0) is 21.3. The second-order valence-electron chi connectivity index (χ2n) is 8.15. The van der Waals surface area contributed by atoms with Crippen molar-refractivity contribution in [1.82, 2.24) is 0 Å². The van der Waals surface area contributed by atoms with Crippen LogP contribution in [0.25, 0.3) is 0 Å². The zero-order valence-corrected chi connectivity index (χ0v) is 23.6. The third-order valence-electron chi connectivity index (χ3n) is 6.94. The summed E-state index contributed by atoms with van der Waals surface area (Å²) in [5, 5.41) is 28.7. The zero-order valence-electron chi connectivity index (χ0n) is 19.8. The van der Waals surface area contributed by atoms with Crippen LogP contribution in [0.15, 0.2) is 66.0 Å². The Morgan fingerprint density at radius 2 is 0.844 bits per heavy atom. The third-order valence-corrected chi connectivity index (χ3v) is 8.97. The van der Waals surface area contributed by atoms with Gasteiger partial charge < -0.3 is 37.2 Å². The molecule has 0 radical (unpaired) electrons. The standard InChI is InChI=1S/C22H33N6.3ClH.Ti/c1-7-16-13-20(10-4,26-23-16)19(21(11-5)14-17(8-2)24-27-21)22(12-6)15-18(9-3)25-28-22;;;;/h13-15H,7-12H2,1-6H3;3*1H;/q;;;;+3/p-3. The molecule has 0 bridgehead atoms. The van der Waals surface area contributed by atoms with E-state index in [4.69, 9.17) is 15.3 Å². The second kappa shape index (κ2) is 11.8. The number of rotatable bonds is 9. The van der Waals surface area contributed by atoms with Gasteiger partial charge in [-0.25, -0.2) is 0 Å². The molecule has 0 aromatic heterocycles. The molecule has 32 heavy (non-hydrogen) atoms. The maximum absolute atomic E-state index is 4.96. The molecule has 0 aromatic rings. The van der Waals surface area contributed by atoms with Crippen molar-refractivity contribution in [2.45, 2.75) is 100 Å². The van der Waals surface area contributed by atoms with Gasteiger partial charge in [-0.1, -0.05) is 0 Å². The van der Waals surface area contributed by atoms with Gasteiger partial charge >= 0.3 is 187 Å². The SMILES string of the molecule is CCC1=CC(CC)([C]([Ti+3])(C2(CC)C=C(CC)N=N2)C2(CC)C=C(CC)N=N2)N=N1.[Cl-].[Cl-].[Cl-]. The van der Waals surface area contributed by atoms with E-state index in [1.54, 1.807) is 0 Å². The van der Waals surface area contributed by atoms with Gasteiger partial charge in [0.25, 0.3) is 0 Å². The summed E-state index contributed by atoms with van der Waals surface area (Å²) in [6, 6.07) is 0. The summed E-state index contributed by atoms with van der Waals surface area (Å²) in [6.07, 6.45) is 11.9. The van der Waals surface area contributed by atoms with Crippen LogP contribution >= 0.6 is 0 Å². The van der Waals surface area contributed by atoms with Gasteiger partial charge in [0.05, 0.1) is 0 Å². The molecule has 0 fully saturated rings. The van der Waals surface area contributed by atoms with Crippen LogP contribution in [0.4, 0.5) is 0 Å². The normalized spacial score (nSPS) is 31.8. The van der Waals surface area contributed by atoms with Crippen molar-refractivity contribution >= 4 is 0 Å². The molecular weight excluding hydrogens is 503 g/mol. The Morgan fingerprint density at radius 1 is 0.594 bits per heavy atom. The molecular formula is C22H33Cl3N6Ti. The Morgan fingerprint density at radius 3 is 1.00 bits per heavy atom. The molecule has 0 aromatic carbocycles. The van der Waals surface area contributed by atoms with Gasteiger partial charge in [0.2, 0.25) is 0 Å². The van der Waals surface area contributed by atoms with Crippen molar-refractivity contribution in [3.05, 3.63) is 35.3 Å². The van der Waals surface area contributed by atoms with Crippen molar-refractivity contribution in [2.24, 2.45) is 30.7 Å². The molecule has 0 saturated carbocycles. The predicted octanol–water partition coefficient (Wildman–Crippen LogP) is -1.57. The maximum Gasteiger partial charge on any atom is -1.00 e. The van der Waals surface area contributed by atoms with Crippen molar-refractivity contribution in [2.75, 3.05) is 0 Å². The number of hydrogen-bond acceptors (Lipinski definition) is 6. The topological polar surface area (TPSA) is 74.2 Å². The monoisotopic (exact) mass is 534 g/mol. The Balaban J connectivity index is 0.00000320. The summed E-state index contributed by atoms with van der Waals surface area (Å²) in [4.78, 5) is 0. The molecule has 3 aliphatic heterocycles. The Labute approximate surface area is 223 Å². The summed E-state index contributed by atoms with van der Waals surface area (Å²) >= 11 is 2.31. The summed E-state index contributed by atoms with van der Waals surface area (Å²) in [7, 11) is 0. The molecule has 0 N–H and O–H groups in total. The number of halogens is 3. The maximum atomic E-state index is 4.96. The minimum atomic E-state index is -0.512. The van der Waals surface area contributed by atoms with Crippen molar-refractivity contribution in [1.29, 1.82) is 0 Å². The van der Waals surface area contributed by atoms with Crippen molar-refractivity contribution in [3.63, 3.8) is 0 Å². The van der Waals surface area contributed by atoms with Crippen LogP contribution in [0, 0.1) is 0 Å². The average molecular weight is 536 g/mol. The fraction of sp³-hybridized carbons (Fsp3) is 0.727. The second-order valence-corrected chi connectivity index (χ2v) is 9.32. The van der Waals surface area contributed by atoms with Crippen LogP contribution in [-0.4, -0.2) is 16.6 Å². The number of nitrogens with zero attached hydrogens (tertiary/aromatic N) is 6. The van der Waals surface area contributed by atoms with Gasteiger partial charge in [0, 0.05) is 0 Å². The number of allylic oxidation sites excluding steroid dienone is 3. The fourth-order valence-corrected chi connectivity index (χ4v) is 6.37. The van der Waals surface area contributed by atoms with Crippen LogP contribution in [0.1, 0.15) is 80.1 Å². The van der Waals surface area contributed by atoms with E-state index in [-0.39, 0.29) is 37.2 Å². The molecule has 3 aliphatic rings. The molecule has 3 rings (SSSR count). The van der Waals surface area contributed by atoms with E-state index in [2.05, 4.69) is 95.5 Å². The smallest absolute Gasteiger partial charge is 1.00 e. The Hall–Kier alpha value is -0.396. The molecule has 0 aliphatic carbocycles. The first kappa shape index (κ1) is 31.6. The molecule has 0 spiro atoms. The molecule has 6 nitrogen and oxygen atoms in total. The first-order valence-corrected chi connectivity index (χ1v) is 11.8. The van der Waals surface area contributed by atoms with Gasteiger partial charge in [-0.3, -0.25) is 0 Å². The average Bonchev–Trinajstić information content (AvgIpc) is 3.50. The van der Waals surface area contributed by atoms with Gasteiger partial charge in [-0.05, 0) is 0 Å². The van der Waals surface area contributed by atoms with E-state index in [1.807, 2.05) is 0 Å². The summed E-state index contributed by atoms with van der Waals surface area (Å²) in [6.45, 7) is 13.0. The quantitative estimate of drug-likeness (QED) is 0.320. The van der Waals surface area contributed by atoms with Crippen LogP contribution in [-0.2, 0) is 20.4 Å². The summed E-state index contributed by atoms with van der Waals surface area (Å²) in [5.41, 5.74) is 1.59. The summed E-state index contributed by atoms with van der Waals surface area (Å²) in [5.74, 6) is 0. The number of azo groups is 3. The van der Waals surface area contributed by atoms with E-state index in [9.17, 15) is 0 Å². The van der Waals surface area contributed by atoms with E-state index < -0.39 is 20.3 Å².